The third-order valence-corrected chi connectivity index (χ3v) is 3.26. The summed E-state index contributed by atoms with van der Waals surface area (Å²) in [5.74, 6) is -1.61. The minimum atomic E-state index is -2.41. The van der Waals surface area contributed by atoms with Crippen molar-refractivity contribution in [3.8, 4) is 0 Å². The molecule has 0 radical (unpaired) electrons. The van der Waals surface area contributed by atoms with Gasteiger partial charge >= 0.3 is 0 Å². The van der Waals surface area contributed by atoms with Crippen LogP contribution in [0.5, 0.6) is 0 Å². The maximum Gasteiger partial charge on any atom is 0.248 e. The lowest BCUT2D eigenvalue weighted by molar-refractivity contribution is 0.00500. The van der Waals surface area contributed by atoms with Gasteiger partial charge in [-0.25, -0.2) is 8.78 Å². The Morgan fingerprint density at radius 3 is 2.47 bits per heavy atom. The van der Waals surface area contributed by atoms with E-state index in [4.69, 9.17) is 0 Å². The Morgan fingerprint density at radius 2 is 1.94 bits per heavy atom. The SMILES string of the molecule is CC(C)CNCC(C)NCC1CCC(F)(F)C1. The van der Waals surface area contributed by atoms with E-state index in [0.29, 0.717) is 18.4 Å². The van der Waals surface area contributed by atoms with E-state index in [-0.39, 0.29) is 18.8 Å². The minimum absolute atomic E-state index is 0.0616. The van der Waals surface area contributed by atoms with Crippen molar-refractivity contribution >= 4 is 0 Å². The predicted octanol–water partition coefficient (Wildman–Crippen LogP) is 2.65. The number of nitrogens with one attached hydrogen (secondary N) is 2. The van der Waals surface area contributed by atoms with Crippen LogP contribution in [-0.4, -0.2) is 31.6 Å². The van der Waals surface area contributed by atoms with Crippen LogP contribution in [-0.2, 0) is 0 Å². The molecule has 0 aromatic carbocycles. The molecule has 0 heterocycles. The van der Waals surface area contributed by atoms with E-state index in [9.17, 15) is 8.78 Å². The summed E-state index contributed by atoms with van der Waals surface area (Å²) in [5.41, 5.74) is 0. The highest BCUT2D eigenvalue weighted by Gasteiger charge is 2.39. The van der Waals surface area contributed by atoms with Crippen LogP contribution in [0.1, 0.15) is 40.0 Å². The van der Waals surface area contributed by atoms with Gasteiger partial charge in [-0.15, -0.1) is 0 Å². The average Bonchev–Trinajstić information content (AvgIpc) is 2.55. The van der Waals surface area contributed by atoms with E-state index in [2.05, 4.69) is 31.4 Å². The second-order valence-electron chi connectivity index (χ2n) is 5.83. The second-order valence-corrected chi connectivity index (χ2v) is 5.83. The first kappa shape index (κ1) is 14.8. The van der Waals surface area contributed by atoms with E-state index < -0.39 is 5.92 Å². The molecule has 2 atom stereocenters. The average molecular weight is 248 g/mol. The summed E-state index contributed by atoms with van der Waals surface area (Å²) in [6.07, 6.45) is 0.789. The fourth-order valence-corrected chi connectivity index (χ4v) is 2.24. The van der Waals surface area contributed by atoms with Crippen LogP contribution < -0.4 is 10.6 Å². The summed E-state index contributed by atoms with van der Waals surface area (Å²) < 4.78 is 25.9. The zero-order chi connectivity index (χ0) is 12.9. The summed E-state index contributed by atoms with van der Waals surface area (Å²) in [4.78, 5) is 0. The zero-order valence-corrected chi connectivity index (χ0v) is 11.2. The van der Waals surface area contributed by atoms with Gasteiger partial charge in [0.15, 0.2) is 0 Å². The van der Waals surface area contributed by atoms with Gasteiger partial charge in [0.2, 0.25) is 5.92 Å². The molecule has 0 saturated heterocycles. The molecule has 1 aliphatic rings. The van der Waals surface area contributed by atoms with Crippen LogP contribution >= 0.6 is 0 Å². The largest absolute Gasteiger partial charge is 0.315 e. The van der Waals surface area contributed by atoms with E-state index in [1.807, 2.05) is 0 Å². The lowest BCUT2D eigenvalue weighted by Crippen LogP contribution is -2.39. The first-order chi connectivity index (χ1) is 7.89. The number of rotatable bonds is 7. The van der Waals surface area contributed by atoms with Gasteiger partial charge in [0.25, 0.3) is 0 Å². The van der Waals surface area contributed by atoms with Crippen LogP contribution in [0.15, 0.2) is 0 Å². The molecule has 0 aromatic heterocycles. The van der Waals surface area contributed by atoms with Crippen molar-refractivity contribution in [2.75, 3.05) is 19.6 Å². The number of halogens is 2. The predicted molar refractivity (Wildman–Crippen MR) is 67.5 cm³/mol. The summed E-state index contributed by atoms with van der Waals surface area (Å²) in [5, 5.41) is 6.71. The first-order valence-corrected chi connectivity index (χ1v) is 6.71. The smallest absolute Gasteiger partial charge is 0.248 e. The fraction of sp³-hybridized carbons (Fsp3) is 1.00. The molecular weight excluding hydrogens is 222 g/mol. The van der Waals surface area contributed by atoms with Gasteiger partial charge in [0, 0.05) is 25.4 Å². The Kier molecular flexibility index (Phi) is 5.80. The van der Waals surface area contributed by atoms with Crippen molar-refractivity contribution in [2.45, 2.75) is 52.0 Å². The maximum atomic E-state index is 13.0. The first-order valence-electron chi connectivity index (χ1n) is 6.71. The molecule has 1 aliphatic carbocycles. The Bertz CT molecular complexity index is 219. The highest BCUT2D eigenvalue weighted by Crippen LogP contribution is 2.38. The lowest BCUT2D eigenvalue weighted by Gasteiger charge is -2.18. The van der Waals surface area contributed by atoms with Crippen molar-refractivity contribution in [1.82, 2.24) is 10.6 Å². The Balaban J connectivity index is 2.06. The molecule has 17 heavy (non-hydrogen) atoms. The molecule has 0 amide bonds. The van der Waals surface area contributed by atoms with Crippen LogP contribution in [0.3, 0.4) is 0 Å². The lowest BCUT2D eigenvalue weighted by atomic mass is 10.1. The monoisotopic (exact) mass is 248 g/mol. The fourth-order valence-electron chi connectivity index (χ4n) is 2.24. The summed E-state index contributed by atoms with van der Waals surface area (Å²) in [6.45, 7) is 9.08. The summed E-state index contributed by atoms with van der Waals surface area (Å²) >= 11 is 0. The summed E-state index contributed by atoms with van der Waals surface area (Å²) in [6, 6.07) is 0.350. The molecule has 2 unspecified atom stereocenters. The third-order valence-electron chi connectivity index (χ3n) is 3.26. The molecule has 1 rings (SSSR count). The van der Waals surface area contributed by atoms with Gasteiger partial charge in [-0.1, -0.05) is 13.8 Å². The van der Waals surface area contributed by atoms with Crippen LogP contribution in [0.2, 0.25) is 0 Å². The second kappa shape index (κ2) is 6.64. The number of hydrogen-bond donors (Lipinski definition) is 2. The zero-order valence-electron chi connectivity index (χ0n) is 11.2. The van der Waals surface area contributed by atoms with E-state index >= 15 is 0 Å². The molecule has 1 fully saturated rings. The third kappa shape index (κ3) is 6.32. The topological polar surface area (TPSA) is 24.1 Å². The van der Waals surface area contributed by atoms with Crippen molar-refractivity contribution in [3.63, 3.8) is 0 Å². The molecule has 102 valence electrons. The van der Waals surface area contributed by atoms with Gasteiger partial charge < -0.3 is 10.6 Å². The maximum absolute atomic E-state index is 13.0. The van der Waals surface area contributed by atoms with Gasteiger partial charge in [-0.05, 0) is 38.3 Å². The van der Waals surface area contributed by atoms with Gasteiger partial charge in [-0.2, -0.15) is 0 Å². The molecule has 0 spiro atoms. The molecule has 2 N–H and O–H groups in total. The van der Waals surface area contributed by atoms with Gasteiger partial charge in [-0.3, -0.25) is 0 Å². The minimum Gasteiger partial charge on any atom is -0.315 e. The molecule has 0 aliphatic heterocycles. The Labute approximate surface area is 104 Å². The van der Waals surface area contributed by atoms with Crippen molar-refractivity contribution in [1.29, 1.82) is 0 Å². The Morgan fingerprint density at radius 1 is 1.24 bits per heavy atom. The van der Waals surface area contributed by atoms with Gasteiger partial charge in [0.05, 0.1) is 0 Å². The quantitative estimate of drug-likeness (QED) is 0.724. The molecular formula is C13H26F2N2. The van der Waals surface area contributed by atoms with Crippen LogP contribution in [0.25, 0.3) is 0 Å². The van der Waals surface area contributed by atoms with Crippen molar-refractivity contribution < 1.29 is 8.78 Å². The van der Waals surface area contributed by atoms with Crippen LogP contribution in [0.4, 0.5) is 8.78 Å². The molecule has 0 aromatic rings. The molecule has 0 bridgehead atoms. The molecule has 1 saturated carbocycles. The molecule has 2 nitrogen and oxygen atoms in total. The van der Waals surface area contributed by atoms with Crippen molar-refractivity contribution in [3.05, 3.63) is 0 Å². The standard InChI is InChI=1S/C13H26F2N2/c1-10(2)7-16-8-11(3)17-9-12-4-5-13(14,15)6-12/h10-12,16-17H,4-9H2,1-3H3. The van der Waals surface area contributed by atoms with Crippen LogP contribution in [0, 0.1) is 11.8 Å². The van der Waals surface area contributed by atoms with E-state index in [1.165, 1.54) is 0 Å². The highest BCUT2D eigenvalue weighted by molar-refractivity contribution is 4.83. The molecule has 4 heteroatoms. The highest BCUT2D eigenvalue weighted by atomic mass is 19.3. The van der Waals surface area contributed by atoms with Gasteiger partial charge in [0.1, 0.15) is 0 Å². The Hall–Kier alpha value is -0.220. The van der Waals surface area contributed by atoms with Crippen molar-refractivity contribution in [2.24, 2.45) is 11.8 Å². The number of hydrogen-bond acceptors (Lipinski definition) is 2. The van der Waals surface area contributed by atoms with E-state index in [0.717, 1.165) is 19.6 Å². The van der Waals surface area contributed by atoms with E-state index in [1.54, 1.807) is 0 Å². The number of alkyl halides is 2. The summed E-state index contributed by atoms with van der Waals surface area (Å²) in [7, 11) is 0. The normalized spacial score (nSPS) is 25.4.